The van der Waals surface area contributed by atoms with E-state index in [1.54, 1.807) is 11.3 Å². The van der Waals surface area contributed by atoms with Crippen molar-refractivity contribution >= 4 is 11.3 Å². The van der Waals surface area contributed by atoms with Gasteiger partial charge in [0, 0.05) is 23.0 Å². The minimum atomic E-state index is 0.352. The molecule has 3 heteroatoms. The molecule has 1 atom stereocenters. The minimum Gasteiger partial charge on any atom is -0.340 e. The van der Waals surface area contributed by atoms with E-state index in [1.807, 2.05) is 11.6 Å². The third-order valence-corrected chi connectivity index (χ3v) is 3.47. The summed E-state index contributed by atoms with van der Waals surface area (Å²) in [5.74, 6) is 0. The number of aryl methyl sites for hydroxylation is 2. The minimum absolute atomic E-state index is 0.352. The second-order valence-corrected chi connectivity index (χ2v) is 4.46. The molecule has 0 N–H and O–H groups in total. The van der Waals surface area contributed by atoms with Gasteiger partial charge < -0.3 is 4.57 Å². The highest BCUT2D eigenvalue weighted by Gasteiger charge is 2.13. The van der Waals surface area contributed by atoms with Crippen LogP contribution in [0.5, 0.6) is 0 Å². The first kappa shape index (κ1) is 9.46. The predicted molar refractivity (Wildman–Crippen MR) is 59.8 cm³/mol. The zero-order valence-electron chi connectivity index (χ0n) is 8.69. The average Bonchev–Trinajstić information content (AvgIpc) is 2.75. The summed E-state index contributed by atoms with van der Waals surface area (Å²) in [5.41, 5.74) is 2.59. The van der Waals surface area contributed by atoms with Gasteiger partial charge in [0.05, 0.1) is 6.04 Å². The fraction of sp³-hybridized carbons (Fsp3) is 0.364. The molecule has 2 heterocycles. The molecule has 0 spiro atoms. The van der Waals surface area contributed by atoms with Crippen LogP contribution in [0.1, 0.15) is 29.4 Å². The van der Waals surface area contributed by atoms with E-state index >= 15 is 0 Å². The summed E-state index contributed by atoms with van der Waals surface area (Å²) >= 11 is 1.71. The maximum Gasteiger partial charge on any atom is 0.115 e. The number of aromatic nitrogens is 2. The van der Waals surface area contributed by atoms with E-state index in [9.17, 15) is 0 Å². The molecule has 0 radical (unpaired) electrons. The van der Waals surface area contributed by atoms with E-state index in [0.29, 0.717) is 6.04 Å². The van der Waals surface area contributed by atoms with E-state index in [0.717, 1.165) is 0 Å². The van der Waals surface area contributed by atoms with Crippen molar-refractivity contribution in [3.63, 3.8) is 0 Å². The smallest absolute Gasteiger partial charge is 0.115 e. The molecule has 0 amide bonds. The van der Waals surface area contributed by atoms with Gasteiger partial charge in [-0.1, -0.05) is 0 Å². The van der Waals surface area contributed by atoms with Crippen LogP contribution in [-0.4, -0.2) is 9.55 Å². The molecule has 2 nitrogen and oxygen atoms in total. The van der Waals surface area contributed by atoms with Crippen LogP contribution in [0, 0.1) is 13.8 Å². The van der Waals surface area contributed by atoms with Crippen LogP contribution in [0.2, 0.25) is 0 Å². The molecule has 0 fully saturated rings. The Morgan fingerprint density at radius 1 is 1.29 bits per heavy atom. The first-order valence-electron chi connectivity index (χ1n) is 4.74. The zero-order valence-corrected chi connectivity index (χ0v) is 9.51. The molecule has 0 bridgehead atoms. The van der Waals surface area contributed by atoms with Crippen LogP contribution >= 0.6 is 11.3 Å². The van der Waals surface area contributed by atoms with E-state index in [-0.39, 0.29) is 0 Å². The molecule has 0 aromatic carbocycles. The Hall–Kier alpha value is -1.09. The van der Waals surface area contributed by atoms with Gasteiger partial charge in [0.25, 0.3) is 0 Å². The molecule has 0 aliphatic rings. The Bertz CT molecular complexity index is 395. The lowest BCUT2D eigenvalue weighted by molar-refractivity contribution is 0.606. The van der Waals surface area contributed by atoms with E-state index in [1.165, 1.54) is 16.4 Å². The Balaban J connectivity index is 2.41. The summed E-state index contributed by atoms with van der Waals surface area (Å²) < 4.78 is 2.32. The van der Waals surface area contributed by atoms with Gasteiger partial charge in [-0.2, -0.15) is 0 Å². The molecular formula is C11H14N2S. The second-order valence-electron chi connectivity index (χ2n) is 3.53. The Labute approximate surface area is 88.2 Å². The maximum atomic E-state index is 4.35. The third-order valence-electron chi connectivity index (χ3n) is 2.52. The monoisotopic (exact) mass is 206 g/mol. The first-order valence-corrected chi connectivity index (χ1v) is 5.62. The molecule has 74 valence electrons. The lowest BCUT2D eigenvalue weighted by Gasteiger charge is -2.15. The van der Waals surface area contributed by atoms with Gasteiger partial charge in [0.15, 0.2) is 0 Å². The summed E-state index contributed by atoms with van der Waals surface area (Å²) in [4.78, 5) is 4.35. The van der Waals surface area contributed by atoms with Gasteiger partial charge >= 0.3 is 0 Å². The lowest BCUT2D eigenvalue weighted by Crippen LogP contribution is -2.09. The summed E-state index contributed by atoms with van der Waals surface area (Å²) in [6, 6.07) is 4.66. The molecule has 0 aliphatic carbocycles. The van der Waals surface area contributed by atoms with Crippen LogP contribution in [0.3, 0.4) is 0 Å². The number of hydrogen-bond donors (Lipinski definition) is 0. The van der Waals surface area contributed by atoms with Crippen molar-refractivity contribution in [3.05, 3.63) is 40.1 Å². The fourth-order valence-corrected chi connectivity index (χ4v) is 2.53. The van der Waals surface area contributed by atoms with Crippen molar-refractivity contribution in [3.8, 4) is 0 Å². The molecule has 2 rings (SSSR count). The van der Waals surface area contributed by atoms with E-state index in [2.05, 4.69) is 42.5 Å². The van der Waals surface area contributed by atoms with Gasteiger partial charge in [0.2, 0.25) is 0 Å². The number of hydrogen-bond acceptors (Lipinski definition) is 2. The van der Waals surface area contributed by atoms with Crippen molar-refractivity contribution in [2.24, 2.45) is 0 Å². The quantitative estimate of drug-likeness (QED) is 0.738. The predicted octanol–water partition coefficient (Wildman–Crippen LogP) is 3.17. The van der Waals surface area contributed by atoms with Gasteiger partial charge in [0.1, 0.15) is 5.01 Å². The molecule has 0 aliphatic heterocycles. The Morgan fingerprint density at radius 2 is 1.93 bits per heavy atom. The molecule has 2 aromatic rings. The highest BCUT2D eigenvalue weighted by Crippen LogP contribution is 2.23. The second kappa shape index (κ2) is 3.58. The average molecular weight is 206 g/mol. The summed E-state index contributed by atoms with van der Waals surface area (Å²) in [7, 11) is 0. The molecule has 14 heavy (non-hydrogen) atoms. The molecular weight excluding hydrogens is 192 g/mol. The number of nitrogens with zero attached hydrogens (tertiary/aromatic N) is 2. The fourth-order valence-electron chi connectivity index (χ4n) is 1.84. The van der Waals surface area contributed by atoms with Crippen LogP contribution in [0.4, 0.5) is 0 Å². The SMILES string of the molecule is Cc1ccc(C)n1C(C)c1nccs1. The van der Waals surface area contributed by atoms with Crippen LogP contribution in [0.25, 0.3) is 0 Å². The van der Waals surface area contributed by atoms with Gasteiger partial charge in [-0.25, -0.2) is 4.98 Å². The number of thiazole rings is 1. The van der Waals surface area contributed by atoms with Crippen molar-refractivity contribution in [1.82, 2.24) is 9.55 Å². The molecule has 2 aromatic heterocycles. The first-order chi connectivity index (χ1) is 6.70. The van der Waals surface area contributed by atoms with Crippen molar-refractivity contribution in [1.29, 1.82) is 0 Å². The van der Waals surface area contributed by atoms with Gasteiger partial charge in [-0.15, -0.1) is 11.3 Å². The highest BCUT2D eigenvalue weighted by atomic mass is 32.1. The standard InChI is InChI=1S/C11H14N2S/c1-8-4-5-9(2)13(8)10(3)11-12-6-7-14-11/h4-7,10H,1-3H3. The molecule has 0 saturated carbocycles. The van der Waals surface area contributed by atoms with Crippen LogP contribution in [-0.2, 0) is 0 Å². The van der Waals surface area contributed by atoms with Crippen molar-refractivity contribution < 1.29 is 0 Å². The normalized spacial score (nSPS) is 13.1. The zero-order chi connectivity index (χ0) is 10.1. The maximum absolute atomic E-state index is 4.35. The number of rotatable bonds is 2. The third kappa shape index (κ3) is 1.48. The van der Waals surface area contributed by atoms with Gasteiger partial charge in [-0.05, 0) is 32.9 Å². The summed E-state index contributed by atoms with van der Waals surface area (Å²) in [6.07, 6.45) is 1.87. The van der Waals surface area contributed by atoms with Gasteiger partial charge in [-0.3, -0.25) is 0 Å². The topological polar surface area (TPSA) is 17.8 Å². The van der Waals surface area contributed by atoms with Crippen molar-refractivity contribution in [2.45, 2.75) is 26.8 Å². The molecule has 1 unspecified atom stereocenters. The Kier molecular flexibility index (Phi) is 2.42. The summed E-state index contributed by atoms with van der Waals surface area (Å²) in [6.45, 7) is 6.47. The lowest BCUT2D eigenvalue weighted by atomic mass is 10.3. The van der Waals surface area contributed by atoms with E-state index < -0.39 is 0 Å². The largest absolute Gasteiger partial charge is 0.340 e. The van der Waals surface area contributed by atoms with Crippen LogP contribution < -0.4 is 0 Å². The van der Waals surface area contributed by atoms with Crippen LogP contribution in [0.15, 0.2) is 23.7 Å². The Morgan fingerprint density at radius 3 is 2.43 bits per heavy atom. The van der Waals surface area contributed by atoms with E-state index in [4.69, 9.17) is 0 Å². The molecule has 0 saturated heterocycles. The summed E-state index contributed by atoms with van der Waals surface area (Å²) in [5, 5.41) is 3.20. The highest BCUT2D eigenvalue weighted by molar-refractivity contribution is 7.09. The van der Waals surface area contributed by atoms with Crippen molar-refractivity contribution in [2.75, 3.05) is 0 Å².